The minimum Gasteiger partial charge on any atom is -0.346 e. The van der Waals surface area contributed by atoms with E-state index in [2.05, 4.69) is 15.3 Å². The average Bonchev–Trinajstić information content (AvgIpc) is 2.62. The van der Waals surface area contributed by atoms with Crippen LogP contribution in [0.2, 0.25) is 0 Å². The molecule has 1 N–H and O–H groups in total. The van der Waals surface area contributed by atoms with Crippen LogP contribution < -0.4 is 5.32 Å². The van der Waals surface area contributed by atoms with E-state index in [9.17, 15) is 22.4 Å². The molecule has 1 aromatic carbocycles. The second kappa shape index (κ2) is 7.77. The van der Waals surface area contributed by atoms with Gasteiger partial charge in [0.15, 0.2) is 0 Å². The Labute approximate surface area is 165 Å². The molecule has 4 nitrogen and oxygen atoms in total. The number of benzene rings is 1. The highest BCUT2D eigenvalue weighted by atomic mass is 19.4. The molecule has 3 aromatic rings. The van der Waals surface area contributed by atoms with Crippen LogP contribution in [0.5, 0.6) is 0 Å². The summed E-state index contributed by atoms with van der Waals surface area (Å²) >= 11 is 0. The standard InChI is InChI=1S/C21H19F4N3O/c1-13-6-7-14(10-26-13)9-20(2,12-21(23,24)25)28-19(29)16-8-15-4-3-5-17(22)18(15)27-11-16/h3-8,10-11H,9,12H2,1-2H3,(H,28,29). The van der Waals surface area contributed by atoms with Gasteiger partial charge in [0.25, 0.3) is 5.91 Å². The van der Waals surface area contributed by atoms with Gasteiger partial charge < -0.3 is 5.32 Å². The number of para-hydroxylation sites is 1. The van der Waals surface area contributed by atoms with Gasteiger partial charge in [0, 0.05) is 23.5 Å². The fraction of sp³-hybridized carbons (Fsp3) is 0.286. The number of amides is 1. The Morgan fingerprint density at radius 3 is 2.52 bits per heavy atom. The van der Waals surface area contributed by atoms with E-state index in [1.807, 2.05) is 0 Å². The maximum atomic E-state index is 13.8. The summed E-state index contributed by atoms with van der Waals surface area (Å²) in [5.74, 6) is -1.25. The van der Waals surface area contributed by atoms with Gasteiger partial charge in [0.2, 0.25) is 0 Å². The summed E-state index contributed by atoms with van der Waals surface area (Å²) in [5, 5.41) is 2.88. The Morgan fingerprint density at radius 2 is 1.86 bits per heavy atom. The van der Waals surface area contributed by atoms with E-state index in [1.54, 1.807) is 25.1 Å². The molecule has 1 amide bonds. The molecule has 8 heteroatoms. The van der Waals surface area contributed by atoms with Crippen LogP contribution in [-0.2, 0) is 6.42 Å². The summed E-state index contributed by atoms with van der Waals surface area (Å²) in [6.45, 7) is 3.11. The number of rotatable bonds is 5. The molecule has 0 spiro atoms. The van der Waals surface area contributed by atoms with Gasteiger partial charge in [0.1, 0.15) is 11.3 Å². The largest absolute Gasteiger partial charge is 0.391 e. The maximum absolute atomic E-state index is 13.8. The summed E-state index contributed by atoms with van der Waals surface area (Å²) in [4.78, 5) is 20.7. The van der Waals surface area contributed by atoms with E-state index >= 15 is 0 Å². The second-order valence-corrected chi connectivity index (χ2v) is 7.33. The summed E-state index contributed by atoms with van der Waals surface area (Å²) < 4.78 is 53.4. The Bertz CT molecular complexity index is 1030. The molecular weight excluding hydrogens is 386 g/mol. The van der Waals surface area contributed by atoms with E-state index in [4.69, 9.17) is 0 Å². The van der Waals surface area contributed by atoms with Crippen molar-refractivity contribution in [2.45, 2.75) is 38.4 Å². The van der Waals surface area contributed by atoms with Crippen molar-refractivity contribution in [2.75, 3.05) is 0 Å². The number of aromatic nitrogens is 2. The summed E-state index contributed by atoms with van der Waals surface area (Å²) in [6.07, 6.45) is -3.10. The number of hydrogen-bond acceptors (Lipinski definition) is 3. The number of pyridine rings is 2. The Hall–Kier alpha value is -3.03. The summed E-state index contributed by atoms with van der Waals surface area (Å²) in [6, 6.07) is 9.08. The third-order valence-electron chi connectivity index (χ3n) is 4.50. The molecule has 0 aliphatic rings. The van der Waals surface area contributed by atoms with E-state index in [-0.39, 0.29) is 17.5 Å². The number of aryl methyl sites for hydroxylation is 1. The van der Waals surface area contributed by atoms with Crippen LogP contribution in [0.1, 0.15) is 35.0 Å². The van der Waals surface area contributed by atoms with Crippen LogP contribution in [-0.4, -0.2) is 27.6 Å². The van der Waals surface area contributed by atoms with Gasteiger partial charge in [-0.15, -0.1) is 0 Å². The lowest BCUT2D eigenvalue weighted by atomic mass is 9.89. The zero-order valence-corrected chi connectivity index (χ0v) is 15.8. The molecule has 1 atom stereocenters. The van der Waals surface area contributed by atoms with E-state index < -0.39 is 29.9 Å². The van der Waals surface area contributed by atoms with Crippen LogP contribution in [0.3, 0.4) is 0 Å². The zero-order valence-electron chi connectivity index (χ0n) is 15.8. The molecule has 0 radical (unpaired) electrons. The lowest BCUT2D eigenvalue weighted by Gasteiger charge is -2.32. The Morgan fingerprint density at radius 1 is 1.10 bits per heavy atom. The van der Waals surface area contributed by atoms with Crippen LogP contribution in [0.4, 0.5) is 17.6 Å². The molecule has 0 saturated carbocycles. The minimum atomic E-state index is -4.48. The SMILES string of the molecule is Cc1ccc(CC(C)(CC(F)(F)F)NC(=O)c2cnc3c(F)cccc3c2)cn1. The third-order valence-corrected chi connectivity index (χ3v) is 4.50. The van der Waals surface area contributed by atoms with Gasteiger partial charge in [-0.25, -0.2) is 4.39 Å². The molecule has 0 saturated heterocycles. The highest BCUT2D eigenvalue weighted by Crippen LogP contribution is 2.30. The molecule has 152 valence electrons. The maximum Gasteiger partial charge on any atom is 0.391 e. The van der Waals surface area contributed by atoms with Crippen LogP contribution >= 0.6 is 0 Å². The van der Waals surface area contributed by atoms with Crippen LogP contribution in [0, 0.1) is 12.7 Å². The molecule has 2 heterocycles. The van der Waals surface area contributed by atoms with E-state index in [0.717, 1.165) is 11.9 Å². The van der Waals surface area contributed by atoms with Gasteiger partial charge in [-0.2, -0.15) is 13.2 Å². The van der Waals surface area contributed by atoms with E-state index in [1.165, 1.54) is 31.3 Å². The Kier molecular flexibility index (Phi) is 5.55. The van der Waals surface area contributed by atoms with Gasteiger partial charge in [-0.1, -0.05) is 18.2 Å². The summed E-state index contributed by atoms with van der Waals surface area (Å²) in [5.41, 5.74) is -0.138. The monoisotopic (exact) mass is 405 g/mol. The van der Waals surface area contributed by atoms with Gasteiger partial charge in [0.05, 0.1) is 17.5 Å². The fourth-order valence-electron chi connectivity index (χ4n) is 3.24. The molecule has 0 fully saturated rings. The average molecular weight is 405 g/mol. The first-order chi connectivity index (χ1) is 13.5. The van der Waals surface area contributed by atoms with Gasteiger partial charge in [-0.05, 0) is 44.0 Å². The highest BCUT2D eigenvalue weighted by Gasteiger charge is 2.40. The second-order valence-electron chi connectivity index (χ2n) is 7.33. The molecule has 29 heavy (non-hydrogen) atoms. The minimum absolute atomic E-state index is 0.0542. The molecule has 0 aliphatic heterocycles. The smallest absolute Gasteiger partial charge is 0.346 e. The number of halogens is 4. The predicted molar refractivity (Wildman–Crippen MR) is 101 cm³/mol. The topological polar surface area (TPSA) is 54.9 Å². The molecule has 1 unspecified atom stereocenters. The molecule has 0 bridgehead atoms. The first-order valence-electron chi connectivity index (χ1n) is 8.90. The molecular formula is C21H19F4N3O. The lowest BCUT2D eigenvalue weighted by molar-refractivity contribution is -0.147. The van der Waals surface area contributed by atoms with Crippen molar-refractivity contribution < 1.29 is 22.4 Å². The predicted octanol–water partition coefficient (Wildman–Crippen LogP) is 4.76. The highest BCUT2D eigenvalue weighted by molar-refractivity contribution is 5.97. The Balaban J connectivity index is 1.88. The van der Waals surface area contributed by atoms with Crippen molar-refractivity contribution in [2.24, 2.45) is 0 Å². The number of hydrogen-bond donors (Lipinski definition) is 1. The van der Waals surface area contributed by atoms with E-state index in [0.29, 0.717) is 10.9 Å². The quantitative estimate of drug-likeness (QED) is 0.623. The van der Waals surface area contributed by atoms with Crippen molar-refractivity contribution >= 4 is 16.8 Å². The van der Waals surface area contributed by atoms with Crippen LogP contribution in [0.15, 0.2) is 48.8 Å². The van der Waals surface area contributed by atoms with Crippen molar-refractivity contribution in [1.82, 2.24) is 15.3 Å². The number of alkyl halides is 3. The summed E-state index contributed by atoms with van der Waals surface area (Å²) in [7, 11) is 0. The fourth-order valence-corrected chi connectivity index (χ4v) is 3.24. The van der Waals surface area contributed by atoms with Gasteiger partial charge in [-0.3, -0.25) is 14.8 Å². The number of nitrogens with zero attached hydrogens (tertiary/aromatic N) is 2. The first kappa shape index (κ1) is 20.7. The zero-order chi connectivity index (χ0) is 21.2. The third kappa shape index (κ3) is 5.28. The van der Waals surface area contributed by atoms with Gasteiger partial charge >= 0.3 is 6.18 Å². The van der Waals surface area contributed by atoms with Crippen LogP contribution in [0.25, 0.3) is 10.9 Å². The van der Waals surface area contributed by atoms with Crippen molar-refractivity contribution in [3.05, 3.63) is 71.4 Å². The first-order valence-corrected chi connectivity index (χ1v) is 8.90. The molecule has 0 aliphatic carbocycles. The number of fused-ring (bicyclic) bond motifs is 1. The van der Waals surface area contributed by atoms with Crippen molar-refractivity contribution in [1.29, 1.82) is 0 Å². The molecule has 2 aromatic heterocycles. The number of nitrogens with one attached hydrogen (secondary N) is 1. The number of carbonyl (C=O) groups is 1. The normalized spacial score (nSPS) is 13.9. The lowest BCUT2D eigenvalue weighted by Crippen LogP contribution is -2.50. The van der Waals surface area contributed by atoms with Crippen molar-refractivity contribution in [3.63, 3.8) is 0 Å². The molecule has 3 rings (SSSR count). The van der Waals surface area contributed by atoms with Crippen molar-refractivity contribution in [3.8, 4) is 0 Å². The number of carbonyl (C=O) groups excluding carboxylic acids is 1.